The molecule has 1 heterocycles. The van der Waals surface area contributed by atoms with Gasteiger partial charge in [0.15, 0.2) is 11.5 Å². The van der Waals surface area contributed by atoms with Crippen LogP contribution >= 0.6 is 0 Å². The number of nitrogens with zero attached hydrogens (tertiary/aromatic N) is 2. The van der Waals surface area contributed by atoms with Crippen LogP contribution in [0.5, 0.6) is 11.5 Å². The number of amides is 2. The number of aromatic nitrogens is 3. The predicted octanol–water partition coefficient (Wildman–Crippen LogP) is 0.971. The van der Waals surface area contributed by atoms with Crippen LogP contribution in [0.1, 0.15) is 24.2 Å². The number of hydrogen-bond acceptors (Lipinski definition) is 6. The van der Waals surface area contributed by atoms with Gasteiger partial charge in [-0.2, -0.15) is 10.1 Å². The zero-order chi connectivity index (χ0) is 17.4. The average molecular weight is 333 g/mol. The Balaban J connectivity index is 1.96. The van der Waals surface area contributed by atoms with E-state index < -0.39 is 11.8 Å². The Hall–Kier alpha value is -3.10. The minimum absolute atomic E-state index is 0.198. The molecular weight excluding hydrogens is 314 g/mol. The lowest BCUT2D eigenvalue weighted by atomic mass is 10.2. The van der Waals surface area contributed by atoms with Gasteiger partial charge in [0, 0.05) is 5.56 Å². The number of nitrogens with one attached hydrogen (secondary N) is 3. The molecule has 2 aromatic rings. The van der Waals surface area contributed by atoms with E-state index in [0.717, 1.165) is 0 Å². The van der Waals surface area contributed by atoms with E-state index in [1.54, 1.807) is 18.2 Å². The van der Waals surface area contributed by atoms with Gasteiger partial charge in [0.2, 0.25) is 11.9 Å². The molecule has 1 aromatic carbocycles. The largest absolute Gasteiger partial charge is 0.490 e. The molecule has 9 heteroatoms. The van der Waals surface area contributed by atoms with Gasteiger partial charge in [-0.1, -0.05) is 0 Å². The van der Waals surface area contributed by atoms with Gasteiger partial charge in [0.05, 0.1) is 19.8 Å². The molecule has 0 fully saturated rings. The first-order valence-electron chi connectivity index (χ1n) is 7.47. The fraction of sp³-hybridized carbons (Fsp3) is 0.333. The summed E-state index contributed by atoms with van der Waals surface area (Å²) in [5.41, 5.74) is 0.370. The first-order chi connectivity index (χ1) is 11.6. The molecule has 0 radical (unpaired) electrons. The second-order valence-corrected chi connectivity index (χ2v) is 4.59. The molecule has 24 heavy (non-hydrogen) atoms. The standard InChI is InChI=1S/C15H19N5O4/c1-3-23-11-6-5-10(7-12(11)24-4-2)14(22)16-8-13(21)19-15-17-9-18-20-15/h5-7,9H,3-4,8H2,1-2H3,(H,16,22)(H2,17,18,19,20,21). The summed E-state index contributed by atoms with van der Waals surface area (Å²) in [6, 6.07) is 4.85. The third kappa shape index (κ3) is 4.70. The monoisotopic (exact) mass is 333 g/mol. The van der Waals surface area contributed by atoms with Crippen molar-refractivity contribution in [2.75, 3.05) is 25.1 Å². The molecule has 0 aliphatic rings. The molecule has 0 aliphatic heterocycles. The van der Waals surface area contributed by atoms with E-state index in [1.807, 2.05) is 13.8 Å². The number of anilines is 1. The van der Waals surface area contributed by atoms with Gasteiger partial charge in [0.25, 0.3) is 5.91 Å². The molecule has 9 nitrogen and oxygen atoms in total. The number of rotatable bonds is 8. The molecular formula is C15H19N5O4. The second kappa shape index (κ2) is 8.51. The van der Waals surface area contributed by atoms with Crippen molar-refractivity contribution in [2.24, 2.45) is 0 Å². The topological polar surface area (TPSA) is 118 Å². The van der Waals surface area contributed by atoms with Crippen LogP contribution in [0.25, 0.3) is 0 Å². The SMILES string of the molecule is CCOc1ccc(C(=O)NCC(=O)Nc2ncn[nH]2)cc1OCC. The maximum absolute atomic E-state index is 12.2. The zero-order valence-corrected chi connectivity index (χ0v) is 13.5. The Morgan fingerprint density at radius 2 is 1.92 bits per heavy atom. The highest BCUT2D eigenvalue weighted by Crippen LogP contribution is 2.28. The summed E-state index contributed by atoms with van der Waals surface area (Å²) in [6.45, 7) is 4.45. The molecule has 3 N–H and O–H groups in total. The Morgan fingerprint density at radius 3 is 2.58 bits per heavy atom. The van der Waals surface area contributed by atoms with Crippen LogP contribution in [0, 0.1) is 0 Å². The van der Waals surface area contributed by atoms with Crippen LogP contribution < -0.4 is 20.1 Å². The van der Waals surface area contributed by atoms with E-state index in [0.29, 0.717) is 30.3 Å². The smallest absolute Gasteiger partial charge is 0.251 e. The summed E-state index contributed by atoms with van der Waals surface area (Å²) in [6.07, 6.45) is 1.27. The van der Waals surface area contributed by atoms with Crippen LogP contribution in [0.15, 0.2) is 24.5 Å². The van der Waals surface area contributed by atoms with Gasteiger partial charge in [-0.15, -0.1) is 0 Å². The lowest BCUT2D eigenvalue weighted by Gasteiger charge is -2.12. The molecule has 0 bridgehead atoms. The number of H-pyrrole nitrogens is 1. The molecule has 0 saturated carbocycles. The number of carbonyl (C=O) groups excluding carboxylic acids is 2. The molecule has 0 aliphatic carbocycles. The highest BCUT2D eigenvalue weighted by Gasteiger charge is 2.13. The predicted molar refractivity (Wildman–Crippen MR) is 86.1 cm³/mol. The molecule has 0 unspecified atom stereocenters. The maximum atomic E-state index is 12.2. The lowest BCUT2D eigenvalue weighted by Crippen LogP contribution is -2.33. The van der Waals surface area contributed by atoms with Crippen molar-refractivity contribution in [1.29, 1.82) is 0 Å². The molecule has 0 atom stereocenters. The van der Waals surface area contributed by atoms with Crippen molar-refractivity contribution in [1.82, 2.24) is 20.5 Å². The first-order valence-corrected chi connectivity index (χ1v) is 7.47. The van der Waals surface area contributed by atoms with Crippen molar-refractivity contribution >= 4 is 17.8 Å². The van der Waals surface area contributed by atoms with Gasteiger partial charge >= 0.3 is 0 Å². The van der Waals surface area contributed by atoms with Crippen LogP contribution in [-0.4, -0.2) is 46.8 Å². The summed E-state index contributed by atoms with van der Waals surface area (Å²) in [5, 5.41) is 11.1. The summed E-state index contributed by atoms with van der Waals surface area (Å²) < 4.78 is 10.9. The van der Waals surface area contributed by atoms with Crippen LogP contribution in [0.4, 0.5) is 5.95 Å². The quantitative estimate of drug-likeness (QED) is 0.662. The van der Waals surface area contributed by atoms with Gasteiger partial charge in [-0.05, 0) is 32.0 Å². The van der Waals surface area contributed by atoms with Gasteiger partial charge in [-0.25, -0.2) is 5.10 Å². The second-order valence-electron chi connectivity index (χ2n) is 4.59. The van der Waals surface area contributed by atoms with Crippen molar-refractivity contribution in [2.45, 2.75) is 13.8 Å². The van der Waals surface area contributed by atoms with Crippen molar-refractivity contribution in [3.63, 3.8) is 0 Å². The number of benzene rings is 1. The Labute approximate surface area is 138 Å². The summed E-state index contributed by atoms with van der Waals surface area (Å²) in [5.74, 6) is 0.453. The molecule has 1 aromatic heterocycles. The Kier molecular flexibility index (Phi) is 6.12. The van der Waals surface area contributed by atoms with Gasteiger partial charge < -0.3 is 14.8 Å². The third-order valence-electron chi connectivity index (χ3n) is 2.89. The summed E-state index contributed by atoms with van der Waals surface area (Å²) >= 11 is 0. The van der Waals surface area contributed by atoms with Crippen LogP contribution in [-0.2, 0) is 4.79 Å². The Bertz CT molecular complexity index is 687. The average Bonchev–Trinajstić information content (AvgIpc) is 3.07. The Morgan fingerprint density at radius 1 is 1.17 bits per heavy atom. The van der Waals surface area contributed by atoms with Gasteiger partial charge in [0.1, 0.15) is 6.33 Å². The summed E-state index contributed by atoms with van der Waals surface area (Å²) in [7, 11) is 0. The van der Waals surface area contributed by atoms with E-state index in [2.05, 4.69) is 25.8 Å². The van der Waals surface area contributed by atoms with Crippen LogP contribution in [0.3, 0.4) is 0 Å². The van der Waals surface area contributed by atoms with E-state index in [-0.39, 0.29) is 12.5 Å². The maximum Gasteiger partial charge on any atom is 0.251 e. The molecule has 2 amide bonds. The first kappa shape index (κ1) is 17.3. The minimum atomic E-state index is -0.420. The van der Waals surface area contributed by atoms with Crippen molar-refractivity contribution in [3.8, 4) is 11.5 Å². The van der Waals surface area contributed by atoms with Crippen LogP contribution in [0.2, 0.25) is 0 Å². The molecule has 0 spiro atoms. The van der Waals surface area contributed by atoms with Gasteiger partial charge in [-0.3, -0.25) is 14.9 Å². The number of aromatic amines is 1. The highest BCUT2D eigenvalue weighted by atomic mass is 16.5. The van der Waals surface area contributed by atoms with E-state index in [4.69, 9.17) is 9.47 Å². The van der Waals surface area contributed by atoms with E-state index in [9.17, 15) is 9.59 Å². The fourth-order valence-electron chi connectivity index (χ4n) is 1.90. The van der Waals surface area contributed by atoms with E-state index in [1.165, 1.54) is 6.33 Å². The van der Waals surface area contributed by atoms with Crippen molar-refractivity contribution in [3.05, 3.63) is 30.1 Å². The number of hydrogen-bond donors (Lipinski definition) is 3. The minimum Gasteiger partial charge on any atom is -0.490 e. The lowest BCUT2D eigenvalue weighted by molar-refractivity contribution is -0.115. The zero-order valence-electron chi connectivity index (χ0n) is 13.5. The van der Waals surface area contributed by atoms with Crippen molar-refractivity contribution < 1.29 is 19.1 Å². The fourth-order valence-corrected chi connectivity index (χ4v) is 1.90. The summed E-state index contributed by atoms with van der Waals surface area (Å²) in [4.78, 5) is 27.6. The number of ether oxygens (including phenoxy) is 2. The van der Waals surface area contributed by atoms with E-state index >= 15 is 0 Å². The number of carbonyl (C=O) groups is 2. The molecule has 0 saturated heterocycles. The normalized spacial score (nSPS) is 10.1. The highest BCUT2D eigenvalue weighted by molar-refractivity contribution is 5.99. The molecule has 128 valence electrons. The third-order valence-corrected chi connectivity index (χ3v) is 2.89. The molecule has 2 rings (SSSR count).